The Labute approximate surface area is 127 Å². The third-order valence-electron chi connectivity index (χ3n) is 6.19. The summed E-state index contributed by atoms with van der Waals surface area (Å²) >= 11 is 0. The van der Waals surface area contributed by atoms with Crippen molar-refractivity contribution in [2.75, 3.05) is 0 Å². The summed E-state index contributed by atoms with van der Waals surface area (Å²) in [5, 5.41) is 0. The maximum absolute atomic E-state index is 5.87. The first-order valence-electron chi connectivity index (χ1n) is 8.98. The molecule has 0 aromatic carbocycles. The van der Waals surface area contributed by atoms with Crippen LogP contribution in [0.25, 0.3) is 0 Å². The summed E-state index contributed by atoms with van der Waals surface area (Å²) < 4.78 is 0. The van der Waals surface area contributed by atoms with Gasteiger partial charge in [0.25, 0.3) is 0 Å². The fourth-order valence-corrected chi connectivity index (χ4v) is 4.61. The van der Waals surface area contributed by atoms with Crippen molar-refractivity contribution in [3.63, 3.8) is 0 Å². The fourth-order valence-electron chi connectivity index (χ4n) is 4.61. The van der Waals surface area contributed by atoms with Crippen LogP contribution in [0.4, 0.5) is 0 Å². The largest absolute Gasteiger partial charge is 0.234 e. The van der Waals surface area contributed by atoms with Gasteiger partial charge in [-0.2, -0.15) is 9.78 Å². The van der Waals surface area contributed by atoms with Crippen molar-refractivity contribution in [3.8, 4) is 0 Å². The monoisotopic (exact) mass is 296 g/mol. The smallest absolute Gasteiger partial charge is 0.227 e. The van der Waals surface area contributed by atoms with E-state index in [4.69, 9.17) is 19.6 Å². The maximum atomic E-state index is 5.87. The fraction of sp³-hybridized carbons (Fsp3) is 1.00. The highest BCUT2D eigenvalue weighted by molar-refractivity contribution is 4.92. The van der Waals surface area contributed by atoms with E-state index >= 15 is 0 Å². The molecule has 0 radical (unpaired) electrons. The summed E-state index contributed by atoms with van der Waals surface area (Å²) in [4.78, 5) is 23.3. The Morgan fingerprint density at radius 2 is 0.810 bits per heavy atom. The van der Waals surface area contributed by atoms with E-state index in [9.17, 15) is 0 Å². The third kappa shape index (κ3) is 2.76. The molecule has 0 N–H and O–H groups in total. The van der Waals surface area contributed by atoms with Gasteiger partial charge in [-0.25, -0.2) is 9.78 Å². The Morgan fingerprint density at radius 1 is 0.381 bits per heavy atom. The van der Waals surface area contributed by atoms with Crippen molar-refractivity contribution in [1.29, 1.82) is 0 Å². The zero-order chi connectivity index (χ0) is 14.2. The molecule has 0 atom stereocenters. The van der Waals surface area contributed by atoms with Crippen LogP contribution in [0.3, 0.4) is 0 Å². The van der Waals surface area contributed by atoms with Crippen LogP contribution in [-0.2, 0) is 19.6 Å². The van der Waals surface area contributed by atoms with E-state index in [2.05, 4.69) is 0 Å². The van der Waals surface area contributed by atoms with Gasteiger partial charge in [-0.3, -0.25) is 0 Å². The Morgan fingerprint density at radius 3 is 1.14 bits per heavy atom. The molecule has 4 nitrogen and oxygen atoms in total. The summed E-state index contributed by atoms with van der Waals surface area (Å²) in [6.45, 7) is 0. The zero-order valence-electron chi connectivity index (χ0n) is 13.0. The molecule has 4 heteroatoms. The highest BCUT2D eigenvalue weighted by Gasteiger charge is 2.52. The van der Waals surface area contributed by atoms with Gasteiger partial charge in [0.2, 0.25) is 5.79 Å². The van der Waals surface area contributed by atoms with Gasteiger partial charge < -0.3 is 0 Å². The first kappa shape index (κ1) is 14.4. The van der Waals surface area contributed by atoms with Gasteiger partial charge >= 0.3 is 0 Å². The van der Waals surface area contributed by atoms with Gasteiger partial charge in [-0.15, -0.1) is 0 Å². The van der Waals surface area contributed by atoms with E-state index < -0.39 is 5.79 Å². The van der Waals surface area contributed by atoms with Crippen LogP contribution in [-0.4, -0.2) is 17.0 Å². The van der Waals surface area contributed by atoms with Crippen LogP contribution in [0.2, 0.25) is 0 Å². The highest BCUT2D eigenvalue weighted by Crippen LogP contribution is 2.49. The molecule has 3 spiro atoms. The van der Waals surface area contributed by atoms with E-state index in [0.717, 1.165) is 51.4 Å². The second-order valence-corrected chi connectivity index (χ2v) is 7.73. The molecule has 120 valence electrons. The summed E-state index contributed by atoms with van der Waals surface area (Å²) in [5.41, 5.74) is -0.0698. The average Bonchev–Trinajstić information content (AvgIpc) is 2.56. The molecular weight excluding hydrogens is 268 g/mol. The van der Waals surface area contributed by atoms with Crippen LogP contribution in [0, 0.1) is 0 Å². The quantitative estimate of drug-likeness (QED) is 0.613. The summed E-state index contributed by atoms with van der Waals surface area (Å²) in [7, 11) is 0. The minimum Gasteiger partial charge on any atom is -0.227 e. The summed E-state index contributed by atoms with van der Waals surface area (Å²) in [5.74, 6) is -0.634. The molecule has 4 fully saturated rings. The number of hydrogen-bond donors (Lipinski definition) is 0. The Kier molecular flexibility index (Phi) is 3.77. The van der Waals surface area contributed by atoms with Gasteiger partial charge in [-0.05, 0) is 38.5 Å². The molecule has 0 aromatic heterocycles. The van der Waals surface area contributed by atoms with Crippen LogP contribution in [0.15, 0.2) is 0 Å². The zero-order valence-corrected chi connectivity index (χ0v) is 13.0. The van der Waals surface area contributed by atoms with Gasteiger partial charge in [0, 0.05) is 12.8 Å². The molecule has 2 saturated carbocycles. The number of hydrogen-bond acceptors (Lipinski definition) is 4. The molecule has 2 aliphatic carbocycles. The molecule has 2 aliphatic heterocycles. The standard InChI is InChI=1S/C17H28O4/c1-3-7-15(8-4-1)11-13-17(20-18-15)14-12-16(19-21-17)9-5-2-6-10-16/h1-14H2. The topological polar surface area (TPSA) is 36.9 Å². The SMILES string of the molecule is C1CCC2(CC1)CCC1(CCC3(CCCCC3)OO1)OO2. The summed E-state index contributed by atoms with van der Waals surface area (Å²) in [6, 6.07) is 0. The minimum absolute atomic E-state index is 0.0349. The van der Waals surface area contributed by atoms with Crippen LogP contribution in [0.5, 0.6) is 0 Å². The van der Waals surface area contributed by atoms with Gasteiger partial charge in [0.1, 0.15) is 11.2 Å². The van der Waals surface area contributed by atoms with Crippen molar-refractivity contribution in [3.05, 3.63) is 0 Å². The van der Waals surface area contributed by atoms with Crippen LogP contribution < -0.4 is 0 Å². The Hall–Kier alpha value is -0.160. The second-order valence-electron chi connectivity index (χ2n) is 7.73. The van der Waals surface area contributed by atoms with Gasteiger partial charge in [0.15, 0.2) is 0 Å². The van der Waals surface area contributed by atoms with E-state index in [1.54, 1.807) is 0 Å². The van der Waals surface area contributed by atoms with E-state index in [1.165, 1.54) is 38.5 Å². The lowest BCUT2D eigenvalue weighted by Gasteiger charge is -2.50. The van der Waals surface area contributed by atoms with Gasteiger partial charge in [0.05, 0.1) is 0 Å². The predicted octanol–water partition coefficient (Wildman–Crippen LogP) is 4.57. The molecule has 4 rings (SSSR count). The Balaban J connectivity index is 1.35. The predicted molar refractivity (Wildman–Crippen MR) is 77.2 cm³/mol. The molecule has 0 amide bonds. The lowest BCUT2D eigenvalue weighted by Crippen LogP contribution is -2.54. The second kappa shape index (κ2) is 5.48. The molecule has 2 saturated heterocycles. The maximum Gasteiger partial charge on any atom is 0.234 e. The first-order valence-corrected chi connectivity index (χ1v) is 8.98. The first-order chi connectivity index (χ1) is 10.2. The molecule has 21 heavy (non-hydrogen) atoms. The summed E-state index contributed by atoms with van der Waals surface area (Å²) in [6.07, 6.45) is 16.1. The van der Waals surface area contributed by atoms with E-state index in [-0.39, 0.29) is 11.2 Å². The van der Waals surface area contributed by atoms with Crippen LogP contribution in [0.1, 0.15) is 89.9 Å². The van der Waals surface area contributed by atoms with Crippen molar-refractivity contribution in [2.45, 2.75) is 107 Å². The van der Waals surface area contributed by atoms with Crippen molar-refractivity contribution in [2.24, 2.45) is 0 Å². The Bertz CT molecular complexity index is 309. The molecule has 0 unspecified atom stereocenters. The highest BCUT2D eigenvalue weighted by atomic mass is 17.3. The van der Waals surface area contributed by atoms with Gasteiger partial charge in [-0.1, -0.05) is 38.5 Å². The third-order valence-corrected chi connectivity index (χ3v) is 6.19. The minimum atomic E-state index is -0.634. The molecule has 0 bridgehead atoms. The lowest BCUT2D eigenvalue weighted by atomic mass is 9.77. The molecule has 2 heterocycles. The molecule has 4 aliphatic rings. The van der Waals surface area contributed by atoms with Crippen LogP contribution >= 0.6 is 0 Å². The number of rotatable bonds is 0. The lowest BCUT2D eigenvalue weighted by molar-refractivity contribution is -0.583. The normalized spacial score (nSPS) is 34.3. The van der Waals surface area contributed by atoms with Crippen molar-refractivity contribution < 1.29 is 19.6 Å². The van der Waals surface area contributed by atoms with E-state index in [1.807, 2.05) is 0 Å². The molecule has 0 aromatic rings. The average molecular weight is 296 g/mol. The molecular formula is C17H28O4. The van der Waals surface area contributed by atoms with Crippen molar-refractivity contribution >= 4 is 0 Å². The van der Waals surface area contributed by atoms with E-state index in [0.29, 0.717) is 0 Å². The van der Waals surface area contributed by atoms with Crippen molar-refractivity contribution in [1.82, 2.24) is 0 Å².